The molecule has 1 rings (SSSR count). The van der Waals surface area contributed by atoms with E-state index in [-0.39, 0.29) is 0 Å². The van der Waals surface area contributed by atoms with Gasteiger partial charge in [0.2, 0.25) is 0 Å². The van der Waals surface area contributed by atoms with Crippen LogP contribution in [0.5, 0.6) is 0 Å². The molecule has 0 aliphatic rings. The number of hydrogen-bond acceptors (Lipinski definition) is 4. The van der Waals surface area contributed by atoms with Gasteiger partial charge in [0.15, 0.2) is 0 Å². The monoisotopic (exact) mass is 164 g/mol. The summed E-state index contributed by atoms with van der Waals surface area (Å²) >= 11 is 0. The van der Waals surface area contributed by atoms with Crippen LogP contribution < -0.4 is 0 Å². The van der Waals surface area contributed by atoms with Crippen LogP contribution in [0.25, 0.3) is 0 Å². The van der Waals surface area contributed by atoms with Gasteiger partial charge in [0.1, 0.15) is 5.69 Å². The van der Waals surface area contributed by atoms with Crippen molar-refractivity contribution in [3.63, 3.8) is 0 Å². The first kappa shape index (κ1) is 10.4. The lowest BCUT2D eigenvalue weighted by atomic mass is 10.2. The Kier molecular flexibility index (Phi) is 5.34. The minimum Gasteiger partial charge on any atom is -0.308 e. The minimum atomic E-state index is 0.428. The van der Waals surface area contributed by atoms with Gasteiger partial charge in [-0.2, -0.15) is 5.10 Å². The van der Waals surface area contributed by atoms with Gasteiger partial charge in [-0.25, -0.2) is 0 Å². The smallest absolute Gasteiger partial charge is 0.112 e. The number of rotatable bonds is 2. The molecule has 0 amide bonds. The predicted molar refractivity (Wildman–Crippen MR) is 49.2 cm³/mol. The zero-order chi connectivity index (χ0) is 9.40. The van der Waals surface area contributed by atoms with E-state index in [0.29, 0.717) is 11.3 Å². The highest BCUT2D eigenvalue weighted by Gasteiger charge is 1.94. The summed E-state index contributed by atoms with van der Waals surface area (Å²) in [4.78, 5) is 0. The van der Waals surface area contributed by atoms with E-state index in [1.165, 1.54) is 6.20 Å². The number of aromatic nitrogens is 2. The molecule has 1 aromatic heterocycles. The molecule has 1 aromatic rings. The van der Waals surface area contributed by atoms with Crippen LogP contribution in [0.2, 0.25) is 0 Å². The molecule has 0 spiro atoms. The van der Waals surface area contributed by atoms with Crippen LogP contribution in [0.3, 0.4) is 0 Å². The molecule has 12 heavy (non-hydrogen) atoms. The standard InChI is InChI=1S/C6H6N4.C2H6/c7-3-5-1-2-9-10-6(5)4-8;1-2/h1-4,7-8H;1-2H3. The van der Waals surface area contributed by atoms with Gasteiger partial charge in [0.05, 0.1) is 6.20 Å². The first-order chi connectivity index (χ1) is 5.88. The van der Waals surface area contributed by atoms with Gasteiger partial charge in [0.25, 0.3) is 0 Å². The average Bonchev–Trinajstić information content (AvgIpc) is 2.20. The second kappa shape index (κ2) is 6.15. The van der Waals surface area contributed by atoms with Gasteiger partial charge < -0.3 is 10.8 Å². The lowest BCUT2D eigenvalue weighted by molar-refractivity contribution is 1.02. The summed E-state index contributed by atoms with van der Waals surface area (Å²) in [5.74, 6) is 0. The summed E-state index contributed by atoms with van der Waals surface area (Å²) in [6.45, 7) is 4.00. The van der Waals surface area contributed by atoms with Gasteiger partial charge in [-0.05, 0) is 6.07 Å². The van der Waals surface area contributed by atoms with Gasteiger partial charge in [-0.1, -0.05) is 13.8 Å². The molecule has 0 bridgehead atoms. The van der Waals surface area contributed by atoms with Crippen LogP contribution in [0.15, 0.2) is 12.3 Å². The molecule has 0 atom stereocenters. The lowest BCUT2D eigenvalue weighted by Crippen LogP contribution is -1.95. The summed E-state index contributed by atoms with van der Waals surface area (Å²) in [6, 6.07) is 1.64. The van der Waals surface area contributed by atoms with E-state index in [1.54, 1.807) is 6.07 Å². The maximum absolute atomic E-state index is 6.89. The van der Waals surface area contributed by atoms with Crippen molar-refractivity contribution >= 4 is 12.4 Å². The number of nitrogens with one attached hydrogen (secondary N) is 2. The SMILES string of the molecule is CC.N=Cc1ccnnc1C=N. The summed E-state index contributed by atoms with van der Waals surface area (Å²) in [5.41, 5.74) is 1.04. The van der Waals surface area contributed by atoms with Crippen molar-refractivity contribution in [2.24, 2.45) is 0 Å². The van der Waals surface area contributed by atoms with Gasteiger partial charge in [0, 0.05) is 18.0 Å². The van der Waals surface area contributed by atoms with E-state index >= 15 is 0 Å². The number of hydrogen-bond donors (Lipinski definition) is 2. The second-order valence-corrected chi connectivity index (χ2v) is 1.66. The normalized spacial score (nSPS) is 7.83. The molecular weight excluding hydrogens is 152 g/mol. The van der Waals surface area contributed by atoms with E-state index in [9.17, 15) is 0 Å². The molecule has 0 aromatic carbocycles. The third kappa shape index (κ3) is 2.57. The summed E-state index contributed by atoms with van der Waals surface area (Å²) in [7, 11) is 0. The molecule has 0 radical (unpaired) electrons. The van der Waals surface area contributed by atoms with Crippen LogP contribution in [0.1, 0.15) is 25.1 Å². The average molecular weight is 164 g/mol. The van der Waals surface area contributed by atoms with Crippen molar-refractivity contribution in [1.29, 1.82) is 10.8 Å². The molecule has 4 heteroatoms. The van der Waals surface area contributed by atoms with E-state index < -0.39 is 0 Å². The molecule has 2 N–H and O–H groups in total. The Bertz CT molecular complexity index is 230. The zero-order valence-corrected chi connectivity index (χ0v) is 7.20. The molecule has 0 unspecified atom stereocenters. The van der Waals surface area contributed by atoms with Crippen LogP contribution >= 0.6 is 0 Å². The Morgan fingerprint density at radius 1 is 1.25 bits per heavy atom. The van der Waals surface area contributed by atoms with Gasteiger partial charge >= 0.3 is 0 Å². The third-order valence-electron chi connectivity index (χ3n) is 1.07. The molecule has 0 aliphatic heterocycles. The molecule has 0 saturated heterocycles. The first-order valence-electron chi connectivity index (χ1n) is 3.71. The van der Waals surface area contributed by atoms with E-state index in [0.717, 1.165) is 12.4 Å². The van der Waals surface area contributed by atoms with E-state index in [2.05, 4.69) is 10.2 Å². The fourth-order valence-electron chi connectivity index (χ4n) is 0.587. The maximum Gasteiger partial charge on any atom is 0.112 e. The Hall–Kier alpha value is -1.58. The lowest BCUT2D eigenvalue weighted by Gasteiger charge is -1.92. The Morgan fingerprint density at radius 2 is 1.92 bits per heavy atom. The third-order valence-corrected chi connectivity index (χ3v) is 1.07. The molecule has 0 aliphatic carbocycles. The highest BCUT2D eigenvalue weighted by Crippen LogP contribution is 1.95. The highest BCUT2D eigenvalue weighted by atomic mass is 15.1. The van der Waals surface area contributed by atoms with Crippen molar-refractivity contribution in [3.8, 4) is 0 Å². The Morgan fingerprint density at radius 3 is 2.33 bits per heavy atom. The maximum atomic E-state index is 6.89. The molecule has 4 nitrogen and oxygen atoms in total. The molecule has 64 valence electrons. The molecule has 1 heterocycles. The predicted octanol–water partition coefficient (Wildman–Crippen LogP) is 1.50. The largest absolute Gasteiger partial charge is 0.308 e. The first-order valence-corrected chi connectivity index (χ1v) is 3.71. The summed E-state index contributed by atoms with van der Waals surface area (Å²) in [6.07, 6.45) is 3.72. The van der Waals surface area contributed by atoms with Crippen molar-refractivity contribution in [3.05, 3.63) is 23.5 Å². The van der Waals surface area contributed by atoms with Crippen molar-refractivity contribution in [2.45, 2.75) is 13.8 Å². The van der Waals surface area contributed by atoms with Crippen LogP contribution in [-0.4, -0.2) is 22.6 Å². The van der Waals surface area contributed by atoms with Crippen molar-refractivity contribution in [2.75, 3.05) is 0 Å². The summed E-state index contributed by atoms with van der Waals surface area (Å²) < 4.78 is 0. The molecular formula is C8H12N4. The highest BCUT2D eigenvalue weighted by molar-refractivity contribution is 5.89. The van der Waals surface area contributed by atoms with E-state index in [4.69, 9.17) is 10.8 Å². The number of nitrogens with zero attached hydrogens (tertiary/aromatic N) is 2. The van der Waals surface area contributed by atoms with Gasteiger partial charge in [-0.3, -0.25) is 0 Å². The zero-order valence-electron chi connectivity index (χ0n) is 7.20. The fraction of sp³-hybridized carbons (Fsp3) is 0.250. The van der Waals surface area contributed by atoms with E-state index in [1.807, 2.05) is 13.8 Å². The summed E-state index contributed by atoms with van der Waals surface area (Å²) in [5, 5.41) is 20.9. The Balaban J connectivity index is 0.000000561. The Labute approximate surface area is 71.7 Å². The molecule has 0 fully saturated rings. The van der Waals surface area contributed by atoms with Crippen molar-refractivity contribution in [1.82, 2.24) is 10.2 Å². The quantitative estimate of drug-likeness (QED) is 0.650. The van der Waals surface area contributed by atoms with Crippen LogP contribution in [-0.2, 0) is 0 Å². The second-order valence-electron chi connectivity index (χ2n) is 1.66. The van der Waals surface area contributed by atoms with Crippen LogP contribution in [0.4, 0.5) is 0 Å². The van der Waals surface area contributed by atoms with Crippen molar-refractivity contribution < 1.29 is 0 Å². The topological polar surface area (TPSA) is 73.5 Å². The van der Waals surface area contributed by atoms with Crippen LogP contribution in [0, 0.1) is 10.8 Å². The fourth-order valence-corrected chi connectivity index (χ4v) is 0.587. The van der Waals surface area contributed by atoms with Gasteiger partial charge in [-0.15, -0.1) is 5.10 Å². The minimum absolute atomic E-state index is 0.428. The molecule has 0 saturated carbocycles.